The van der Waals surface area contributed by atoms with Crippen molar-refractivity contribution in [2.45, 2.75) is 129 Å². The largest absolute Gasteiger partial charge is 0.508 e. The predicted molar refractivity (Wildman–Crippen MR) is 248 cm³/mol. The van der Waals surface area contributed by atoms with Crippen molar-refractivity contribution < 1.29 is 33.3 Å². The van der Waals surface area contributed by atoms with Crippen LogP contribution in [0.5, 0.6) is 5.75 Å². The van der Waals surface area contributed by atoms with Crippen molar-refractivity contribution in [3.8, 4) is 5.75 Å². The summed E-state index contributed by atoms with van der Waals surface area (Å²) in [6.07, 6.45) is 7.10. The topological polar surface area (TPSA) is 119 Å². The monoisotopic (exact) mass is 864 g/mol. The van der Waals surface area contributed by atoms with E-state index in [2.05, 4.69) is 100 Å². The summed E-state index contributed by atoms with van der Waals surface area (Å²) in [5.74, 6) is -1.08. The van der Waals surface area contributed by atoms with E-state index in [1.54, 1.807) is 10.6 Å². The number of carboxylic acid groups (broad SMARTS) is 1. The number of aliphatic carboxylic acids is 1. The second-order valence-corrected chi connectivity index (χ2v) is 23.2. The number of ether oxygens (including phenoxy) is 2. The van der Waals surface area contributed by atoms with Crippen LogP contribution in [0.2, 0.25) is 5.04 Å². The smallest absolute Gasteiger partial charge is 0.337 e. The Balaban J connectivity index is 1.14. The molecule has 3 aromatic carbocycles. The lowest BCUT2D eigenvalue weighted by molar-refractivity contribution is -0.160. The van der Waals surface area contributed by atoms with Crippen LogP contribution < -0.4 is 15.3 Å². The van der Waals surface area contributed by atoms with Crippen LogP contribution in [0, 0.1) is 12.7 Å². The van der Waals surface area contributed by atoms with Crippen LogP contribution in [0.15, 0.2) is 91.0 Å². The lowest BCUT2D eigenvalue weighted by Gasteiger charge is -2.44. The fourth-order valence-electron chi connectivity index (χ4n) is 8.67. The van der Waals surface area contributed by atoms with Crippen molar-refractivity contribution in [1.29, 1.82) is 0 Å². The van der Waals surface area contributed by atoms with Crippen LogP contribution in [0.4, 0.5) is 10.2 Å². The van der Waals surface area contributed by atoms with Gasteiger partial charge in [0.25, 0.3) is 8.32 Å². The number of benzene rings is 3. The number of aryl methyl sites for hydroxylation is 1. The van der Waals surface area contributed by atoms with Gasteiger partial charge in [0.05, 0.1) is 22.5 Å². The highest BCUT2D eigenvalue weighted by molar-refractivity contribution is 6.99. The van der Waals surface area contributed by atoms with Crippen LogP contribution in [-0.4, -0.2) is 76.1 Å². The van der Waals surface area contributed by atoms with Crippen LogP contribution in [0.1, 0.15) is 116 Å². The molecule has 12 heteroatoms. The minimum Gasteiger partial charge on any atom is -0.508 e. The molecule has 62 heavy (non-hydrogen) atoms. The summed E-state index contributed by atoms with van der Waals surface area (Å²) in [5, 5.41) is 28.1. The second kappa shape index (κ2) is 19.2. The molecular formula is C50H65FN4O6Si. The number of allylic oxidation sites excluding steroid dienone is 1. The summed E-state index contributed by atoms with van der Waals surface area (Å²) in [5.41, 5.74) is 1.68. The number of aromatic nitrogens is 3. The molecule has 1 saturated heterocycles. The molecule has 0 spiro atoms. The molecule has 0 aliphatic carbocycles. The molecule has 1 unspecified atom stereocenters. The highest BCUT2D eigenvalue weighted by atomic mass is 28.4. The highest BCUT2D eigenvalue weighted by Crippen LogP contribution is 2.40. The molecular weight excluding hydrogens is 800 g/mol. The average Bonchev–Trinajstić information content (AvgIpc) is 3.61. The number of phenols is 1. The lowest BCUT2D eigenvalue weighted by Crippen LogP contribution is -2.67. The number of nitrogens with zero attached hydrogens (tertiary/aromatic N) is 4. The number of phenolic OH excluding ortho intramolecular Hbond substituents is 1. The number of aromatic hydroxyl groups is 1. The minimum absolute atomic E-state index is 0.0633. The van der Waals surface area contributed by atoms with Crippen molar-refractivity contribution in [1.82, 2.24) is 14.6 Å². The molecule has 0 radical (unpaired) electrons. The van der Waals surface area contributed by atoms with E-state index in [0.717, 1.165) is 38.2 Å². The maximum atomic E-state index is 13.6. The van der Waals surface area contributed by atoms with Gasteiger partial charge >= 0.3 is 5.97 Å². The van der Waals surface area contributed by atoms with Gasteiger partial charge in [0.2, 0.25) is 0 Å². The molecule has 5 aromatic rings. The molecule has 1 fully saturated rings. The fraction of sp³-hybridized carbons (Fsp3) is 0.460. The van der Waals surface area contributed by atoms with E-state index in [-0.39, 0.29) is 22.5 Å². The Morgan fingerprint density at radius 2 is 1.58 bits per heavy atom. The second-order valence-electron chi connectivity index (χ2n) is 19.0. The number of carbonyl (C=O) groups is 1. The predicted octanol–water partition coefficient (Wildman–Crippen LogP) is 9.59. The van der Waals surface area contributed by atoms with E-state index in [4.69, 9.17) is 24.0 Å². The number of anilines is 1. The Morgan fingerprint density at radius 3 is 2.15 bits per heavy atom. The van der Waals surface area contributed by atoms with Gasteiger partial charge in [-0.15, -0.1) is 0 Å². The number of fused-ring (bicyclic) bond motifs is 1. The third kappa shape index (κ3) is 10.8. The van der Waals surface area contributed by atoms with E-state index in [1.807, 2.05) is 45.9 Å². The summed E-state index contributed by atoms with van der Waals surface area (Å²) in [7, 11) is -2.63. The summed E-state index contributed by atoms with van der Waals surface area (Å²) < 4.78 is 35.5. The third-order valence-electron chi connectivity index (χ3n) is 11.8. The number of hydrogen-bond acceptors (Lipinski definition) is 8. The summed E-state index contributed by atoms with van der Waals surface area (Å²) in [6, 6.07) is 27.4. The van der Waals surface area contributed by atoms with Gasteiger partial charge in [-0.2, -0.15) is 9.61 Å². The van der Waals surface area contributed by atoms with Gasteiger partial charge in [0, 0.05) is 43.6 Å². The van der Waals surface area contributed by atoms with Crippen molar-refractivity contribution in [2.75, 3.05) is 24.6 Å². The zero-order valence-electron chi connectivity index (χ0n) is 38.0. The summed E-state index contributed by atoms with van der Waals surface area (Å²) >= 11 is 0. The van der Waals surface area contributed by atoms with Crippen LogP contribution in [0.25, 0.3) is 11.7 Å². The standard InChI is InChI=1S/C50H65FN4O6Si/c1-35(61-62(49(6,7)8,40-22-12-10-13-23-40)41-24-14-11-15-25-41)19-16-17-32-59-50(9)28-30-54(31-29-50)46-44(45(47(57)58)60-48(3,4)5)36(2)52-43-34-39(53-55(43)46)21-18-20-37-26-27-38(51)33-42(37)56/h10-15,18,21-27,33-35,45,56H,16-17,19-20,28-32H2,1-9H3,(H,57,58)/b21-18+/t35-,45?/m1/s1. The SMILES string of the molecule is Cc1nc2cc(/C=C/Cc3ccc(F)cc3O)nn2c(N2CCC(C)(OCCCC[C@@H](C)O[Si](c3ccccc3)(c3ccccc3)C(C)(C)C)CC2)c1C(OC(C)(C)C)C(=O)O. The van der Waals surface area contributed by atoms with Gasteiger partial charge in [-0.1, -0.05) is 93.6 Å². The van der Waals surface area contributed by atoms with E-state index in [1.165, 1.54) is 16.4 Å². The molecule has 2 N–H and O–H groups in total. The first kappa shape index (κ1) is 46.6. The van der Waals surface area contributed by atoms with Crippen molar-refractivity contribution in [3.05, 3.63) is 119 Å². The summed E-state index contributed by atoms with van der Waals surface area (Å²) in [6.45, 7) is 20.5. The van der Waals surface area contributed by atoms with Gasteiger partial charge in [-0.25, -0.2) is 14.2 Å². The molecule has 2 aromatic heterocycles. The minimum atomic E-state index is -2.63. The lowest BCUT2D eigenvalue weighted by atomic mass is 9.92. The van der Waals surface area contributed by atoms with Gasteiger partial charge in [-0.05, 0) is 113 Å². The van der Waals surface area contributed by atoms with Crippen molar-refractivity contribution in [3.63, 3.8) is 0 Å². The van der Waals surface area contributed by atoms with Crippen molar-refractivity contribution >= 4 is 42.2 Å². The molecule has 1 aliphatic rings. The first-order chi connectivity index (χ1) is 29.3. The number of halogens is 1. The molecule has 1 aliphatic heterocycles. The van der Waals surface area contributed by atoms with Crippen LogP contribution >= 0.6 is 0 Å². The van der Waals surface area contributed by atoms with Crippen LogP contribution in [-0.2, 0) is 25.1 Å². The number of hydrogen-bond donors (Lipinski definition) is 2. The molecule has 0 saturated carbocycles. The Morgan fingerprint density at radius 1 is 0.952 bits per heavy atom. The maximum absolute atomic E-state index is 13.6. The number of piperidine rings is 1. The first-order valence-corrected chi connectivity index (χ1v) is 23.8. The molecule has 2 atom stereocenters. The maximum Gasteiger partial charge on any atom is 0.337 e. The van der Waals surface area contributed by atoms with Crippen molar-refractivity contribution in [2.24, 2.45) is 0 Å². The molecule has 10 nitrogen and oxygen atoms in total. The van der Waals surface area contributed by atoms with E-state index in [0.29, 0.717) is 60.1 Å². The van der Waals surface area contributed by atoms with Crippen LogP contribution in [0.3, 0.4) is 0 Å². The number of unbranched alkanes of at least 4 members (excludes halogenated alkanes) is 1. The van der Waals surface area contributed by atoms with E-state index < -0.39 is 31.8 Å². The van der Waals surface area contributed by atoms with E-state index in [9.17, 15) is 19.4 Å². The Kier molecular flexibility index (Phi) is 14.5. The third-order valence-corrected chi connectivity index (χ3v) is 17.0. The molecule has 3 heterocycles. The Hall–Kier alpha value is -4.88. The molecule has 332 valence electrons. The average molecular weight is 865 g/mol. The van der Waals surface area contributed by atoms with Gasteiger partial charge in [0.15, 0.2) is 11.8 Å². The number of rotatable bonds is 17. The zero-order chi connectivity index (χ0) is 44.9. The number of carboxylic acids is 1. The zero-order valence-corrected chi connectivity index (χ0v) is 39.0. The molecule has 6 rings (SSSR count). The Bertz CT molecular complexity index is 2270. The Labute approximate surface area is 367 Å². The molecule has 0 bridgehead atoms. The highest BCUT2D eigenvalue weighted by Gasteiger charge is 2.51. The normalized spacial score (nSPS) is 15.9. The quantitative estimate of drug-likeness (QED) is 0.0696. The fourth-order valence-corrected chi connectivity index (χ4v) is 13.4. The molecule has 0 amide bonds. The van der Waals surface area contributed by atoms with Gasteiger partial charge in [0.1, 0.15) is 17.4 Å². The van der Waals surface area contributed by atoms with Gasteiger partial charge < -0.3 is 29.0 Å². The van der Waals surface area contributed by atoms with Gasteiger partial charge in [-0.3, -0.25) is 0 Å². The first-order valence-electron chi connectivity index (χ1n) is 21.9. The van der Waals surface area contributed by atoms with E-state index >= 15 is 0 Å². The summed E-state index contributed by atoms with van der Waals surface area (Å²) in [4.78, 5) is 19.9.